The zero-order chi connectivity index (χ0) is 12.6. The molecule has 0 unspecified atom stereocenters. The molecule has 1 aromatic rings. The van der Waals surface area contributed by atoms with Crippen LogP contribution in [0.5, 0.6) is 0 Å². The van der Waals surface area contributed by atoms with Gasteiger partial charge in [-0.1, -0.05) is 0 Å². The minimum atomic E-state index is -1.40. The molecule has 1 fully saturated rings. The highest BCUT2D eigenvalue weighted by Gasteiger charge is 2.37. The Morgan fingerprint density at radius 1 is 1.65 bits per heavy atom. The molecule has 0 spiro atoms. The normalized spacial score (nSPS) is 28.5. The van der Waals surface area contributed by atoms with Crippen molar-refractivity contribution in [2.75, 3.05) is 6.61 Å². The van der Waals surface area contributed by atoms with Crippen LogP contribution >= 0.6 is 15.9 Å². The van der Waals surface area contributed by atoms with Gasteiger partial charge in [-0.15, -0.1) is 0 Å². The maximum Gasteiger partial charge on any atom is 0.330 e. The Kier molecular flexibility index (Phi) is 3.45. The summed E-state index contributed by atoms with van der Waals surface area (Å²) >= 11 is 2.95. The molecular formula is C9H10BrFN2O4. The Balaban J connectivity index is 2.38. The summed E-state index contributed by atoms with van der Waals surface area (Å²) < 4.78 is 19.9. The zero-order valence-corrected chi connectivity index (χ0v) is 10.2. The van der Waals surface area contributed by atoms with Crippen LogP contribution in [0.2, 0.25) is 0 Å². The number of aliphatic hydroxyl groups is 1. The highest BCUT2D eigenvalue weighted by molar-refractivity contribution is 9.10. The van der Waals surface area contributed by atoms with Crippen LogP contribution in [0.15, 0.2) is 20.3 Å². The molecule has 1 saturated heterocycles. The number of nitrogens with zero attached hydrogens (tertiary/aromatic N) is 1. The van der Waals surface area contributed by atoms with Gasteiger partial charge in [0.15, 0.2) is 6.23 Å². The summed E-state index contributed by atoms with van der Waals surface area (Å²) in [6.07, 6.45) is -1.95. The molecule has 2 rings (SSSR count). The topological polar surface area (TPSA) is 84.3 Å². The number of aliphatic hydroxyl groups excluding tert-OH is 1. The van der Waals surface area contributed by atoms with Gasteiger partial charge in [0, 0.05) is 12.6 Å². The van der Waals surface area contributed by atoms with Crippen molar-refractivity contribution in [1.29, 1.82) is 0 Å². The second-order valence-electron chi connectivity index (χ2n) is 3.73. The third-order valence-corrected chi connectivity index (χ3v) is 3.10. The summed E-state index contributed by atoms with van der Waals surface area (Å²) in [4.78, 5) is 24.6. The number of aromatic nitrogens is 2. The molecule has 94 valence electrons. The summed E-state index contributed by atoms with van der Waals surface area (Å²) in [6.45, 7) is -0.309. The average molecular weight is 309 g/mol. The van der Waals surface area contributed by atoms with Gasteiger partial charge in [-0.3, -0.25) is 14.3 Å². The summed E-state index contributed by atoms with van der Waals surface area (Å²) in [7, 11) is 0. The molecule has 0 bridgehead atoms. The summed E-state index contributed by atoms with van der Waals surface area (Å²) in [5, 5.41) is 8.87. The van der Waals surface area contributed by atoms with Crippen molar-refractivity contribution < 1.29 is 14.2 Å². The third kappa shape index (κ3) is 2.33. The van der Waals surface area contributed by atoms with Crippen molar-refractivity contribution in [3.05, 3.63) is 31.5 Å². The van der Waals surface area contributed by atoms with Gasteiger partial charge in [-0.2, -0.15) is 0 Å². The Labute approximate surface area is 103 Å². The van der Waals surface area contributed by atoms with Gasteiger partial charge in [-0.25, -0.2) is 9.18 Å². The highest BCUT2D eigenvalue weighted by Crippen LogP contribution is 2.30. The van der Waals surface area contributed by atoms with E-state index in [1.54, 1.807) is 0 Å². The van der Waals surface area contributed by atoms with Crippen LogP contribution in [0.4, 0.5) is 4.39 Å². The van der Waals surface area contributed by atoms with Crippen LogP contribution in [0.25, 0.3) is 0 Å². The van der Waals surface area contributed by atoms with E-state index in [0.717, 1.165) is 4.57 Å². The van der Waals surface area contributed by atoms with Gasteiger partial charge in [0.25, 0.3) is 5.56 Å². The number of hydrogen-bond donors (Lipinski definition) is 2. The highest BCUT2D eigenvalue weighted by atomic mass is 79.9. The standard InChI is InChI=1S/C9H10BrFN2O4/c10-5-2-13(9(16)12-7(5)15)8-6(11)1-4(3-14)17-8/h2,4,6,8,14H,1,3H2,(H,12,15,16)/t4-,6-,8-/m1/s1. The van der Waals surface area contributed by atoms with Gasteiger partial charge < -0.3 is 9.84 Å². The molecule has 6 nitrogen and oxygen atoms in total. The molecule has 0 amide bonds. The summed E-state index contributed by atoms with van der Waals surface area (Å²) in [5.74, 6) is 0. The second kappa shape index (κ2) is 4.71. The molecule has 2 N–H and O–H groups in total. The lowest BCUT2D eigenvalue weighted by molar-refractivity contribution is -0.0395. The van der Waals surface area contributed by atoms with E-state index in [9.17, 15) is 14.0 Å². The first-order valence-electron chi connectivity index (χ1n) is 4.94. The fourth-order valence-electron chi connectivity index (χ4n) is 1.71. The number of ether oxygens (including phenoxy) is 1. The van der Waals surface area contributed by atoms with Crippen LogP contribution in [0.1, 0.15) is 12.6 Å². The number of alkyl halides is 1. The van der Waals surface area contributed by atoms with Crippen molar-refractivity contribution >= 4 is 15.9 Å². The summed E-state index contributed by atoms with van der Waals surface area (Å²) in [5.41, 5.74) is -1.33. The van der Waals surface area contributed by atoms with E-state index in [4.69, 9.17) is 9.84 Å². The lowest BCUT2D eigenvalue weighted by atomic mass is 10.2. The predicted molar refractivity (Wildman–Crippen MR) is 59.5 cm³/mol. The predicted octanol–water partition coefficient (Wildman–Crippen LogP) is -0.0830. The largest absolute Gasteiger partial charge is 0.394 e. The van der Waals surface area contributed by atoms with Crippen LogP contribution in [-0.4, -0.2) is 33.5 Å². The number of nitrogens with one attached hydrogen (secondary N) is 1. The molecular weight excluding hydrogens is 299 g/mol. The first-order chi connectivity index (χ1) is 8.02. The number of H-pyrrole nitrogens is 1. The number of halogens is 2. The molecule has 0 aliphatic carbocycles. The van der Waals surface area contributed by atoms with Gasteiger partial charge >= 0.3 is 5.69 Å². The van der Waals surface area contributed by atoms with E-state index < -0.39 is 29.8 Å². The molecule has 17 heavy (non-hydrogen) atoms. The maximum atomic E-state index is 13.6. The molecule has 2 heterocycles. The fourth-order valence-corrected chi connectivity index (χ4v) is 2.03. The van der Waals surface area contributed by atoms with E-state index >= 15 is 0 Å². The Morgan fingerprint density at radius 2 is 2.35 bits per heavy atom. The Hall–Kier alpha value is -0.990. The fraction of sp³-hybridized carbons (Fsp3) is 0.556. The van der Waals surface area contributed by atoms with Gasteiger partial charge in [0.05, 0.1) is 17.2 Å². The van der Waals surface area contributed by atoms with E-state index in [-0.39, 0.29) is 17.5 Å². The second-order valence-corrected chi connectivity index (χ2v) is 4.58. The quantitative estimate of drug-likeness (QED) is 0.800. The van der Waals surface area contributed by atoms with Crippen LogP contribution in [-0.2, 0) is 4.74 Å². The van der Waals surface area contributed by atoms with Crippen molar-refractivity contribution in [1.82, 2.24) is 9.55 Å². The maximum absolute atomic E-state index is 13.6. The number of aromatic amines is 1. The van der Waals surface area contributed by atoms with Crippen LogP contribution in [0.3, 0.4) is 0 Å². The zero-order valence-electron chi connectivity index (χ0n) is 8.60. The van der Waals surface area contributed by atoms with Crippen molar-refractivity contribution in [3.63, 3.8) is 0 Å². The minimum Gasteiger partial charge on any atom is -0.394 e. The molecule has 1 aromatic heterocycles. The lowest BCUT2D eigenvalue weighted by Crippen LogP contribution is -2.34. The SMILES string of the molecule is O=c1[nH]c(=O)n([C@@H]2O[C@@H](CO)C[C@H]2F)cc1Br. The van der Waals surface area contributed by atoms with Gasteiger partial charge in [-0.05, 0) is 15.9 Å². The summed E-state index contributed by atoms with van der Waals surface area (Å²) in [6, 6.07) is 0. The first-order valence-corrected chi connectivity index (χ1v) is 5.73. The molecule has 8 heteroatoms. The number of hydrogen-bond acceptors (Lipinski definition) is 4. The van der Waals surface area contributed by atoms with E-state index in [0.29, 0.717) is 0 Å². The molecule has 1 aliphatic rings. The monoisotopic (exact) mass is 308 g/mol. The van der Waals surface area contributed by atoms with E-state index in [1.807, 2.05) is 4.98 Å². The van der Waals surface area contributed by atoms with Crippen LogP contribution in [0, 0.1) is 0 Å². The lowest BCUT2D eigenvalue weighted by Gasteiger charge is -2.15. The van der Waals surface area contributed by atoms with Crippen LogP contribution < -0.4 is 11.2 Å². The Morgan fingerprint density at radius 3 is 2.94 bits per heavy atom. The molecule has 3 atom stereocenters. The molecule has 0 radical (unpaired) electrons. The third-order valence-electron chi connectivity index (χ3n) is 2.53. The molecule has 0 aromatic carbocycles. The number of rotatable bonds is 2. The smallest absolute Gasteiger partial charge is 0.330 e. The minimum absolute atomic E-state index is 0.0182. The first kappa shape index (κ1) is 12.5. The Bertz CT molecular complexity index is 528. The molecule has 0 saturated carbocycles. The van der Waals surface area contributed by atoms with Crippen molar-refractivity contribution in [2.45, 2.75) is 24.9 Å². The van der Waals surface area contributed by atoms with Gasteiger partial charge in [0.2, 0.25) is 0 Å². The van der Waals surface area contributed by atoms with E-state index in [1.165, 1.54) is 6.20 Å². The van der Waals surface area contributed by atoms with E-state index in [2.05, 4.69) is 15.9 Å². The average Bonchev–Trinajstić information content (AvgIpc) is 2.65. The van der Waals surface area contributed by atoms with Crippen molar-refractivity contribution in [2.24, 2.45) is 0 Å². The van der Waals surface area contributed by atoms with Crippen molar-refractivity contribution in [3.8, 4) is 0 Å². The van der Waals surface area contributed by atoms with Gasteiger partial charge in [0.1, 0.15) is 6.17 Å². The molecule has 1 aliphatic heterocycles.